The van der Waals surface area contributed by atoms with Crippen molar-refractivity contribution in [3.8, 4) is 0 Å². The molecule has 148 valence electrons. The predicted octanol–water partition coefficient (Wildman–Crippen LogP) is 3.16. The fourth-order valence-corrected chi connectivity index (χ4v) is 5.16. The minimum absolute atomic E-state index is 0.0324. The molecule has 1 saturated carbocycles. The monoisotopic (exact) mass is 363 g/mol. The summed E-state index contributed by atoms with van der Waals surface area (Å²) >= 11 is 0. The fraction of sp³-hybridized carbons (Fsp3) is 0.857. The van der Waals surface area contributed by atoms with E-state index in [1.54, 1.807) is 4.90 Å². The summed E-state index contributed by atoms with van der Waals surface area (Å²) in [6.07, 6.45) is 16.9. The standard InChI is InChI=1S/C21H37N3O2/c1-16(15-25)24-19(26)21(23-20(24)22,14-18-10-6-3-7-11-18)13-12-17-8-4-2-5-9-17/h6,10,16-19,25-26H,2-5,7-9,11-15H2,1H3,(H2,22,23)/t16-,18?,19?,21-/m1/s1. The third-order valence-corrected chi connectivity index (χ3v) is 6.76. The number of nitrogens with zero attached hydrogens (tertiary/aromatic N) is 2. The van der Waals surface area contributed by atoms with Gasteiger partial charge in [-0.1, -0.05) is 44.3 Å². The lowest BCUT2D eigenvalue weighted by atomic mass is 9.76. The highest BCUT2D eigenvalue weighted by Gasteiger charge is 2.49. The number of hydrogen-bond acceptors (Lipinski definition) is 5. The summed E-state index contributed by atoms with van der Waals surface area (Å²) in [5, 5.41) is 20.8. The maximum absolute atomic E-state index is 11.2. The second-order valence-electron chi connectivity index (χ2n) is 8.75. The molecule has 0 saturated heterocycles. The molecule has 4 N–H and O–H groups in total. The van der Waals surface area contributed by atoms with Gasteiger partial charge in [0.05, 0.1) is 12.6 Å². The first-order chi connectivity index (χ1) is 12.6. The number of hydrogen-bond donors (Lipinski definition) is 3. The van der Waals surface area contributed by atoms with Crippen LogP contribution in [-0.4, -0.2) is 45.5 Å². The quantitative estimate of drug-likeness (QED) is 0.607. The molecular formula is C21H37N3O2. The molecule has 0 radical (unpaired) electrons. The lowest BCUT2D eigenvalue weighted by Gasteiger charge is -2.39. The molecule has 0 amide bonds. The SMILES string of the molecule is C[C@H](CO)N1C(N)=N[C@](CCC2CCCCC2)(CC2C=CCCC2)C1O. The van der Waals surface area contributed by atoms with Crippen LogP contribution in [0.2, 0.25) is 0 Å². The van der Waals surface area contributed by atoms with Crippen LogP contribution in [0.15, 0.2) is 17.1 Å². The first-order valence-corrected chi connectivity index (χ1v) is 10.6. The van der Waals surface area contributed by atoms with E-state index in [1.807, 2.05) is 6.92 Å². The van der Waals surface area contributed by atoms with Gasteiger partial charge >= 0.3 is 0 Å². The second kappa shape index (κ2) is 8.75. The lowest BCUT2D eigenvalue weighted by Crippen LogP contribution is -2.53. The normalized spacial score (nSPS) is 34.1. The van der Waals surface area contributed by atoms with Gasteiger partial charge in [-0.15, -0.1) is 0 Å². The summed E-state index contributed by atoms with van der Waals surface area (Å²) in [6.45, 7) is 1.86. The van der Waals surface area contributed by atoms with Crippen LogP contribution in [0, 0.1) is 11.8 Å². The first-order valence-electron chi connectivity index (χ1n) is 10.6. The van der Waals surface area contributed by atoms with Crippen LogP contribution in [-0.2, 0) is 0 Å². The van der Waals surface area contributed by atoms with Gasteiger partial charge in [-0.2, -0.15) is 0 Å². The van der Waals surface area contributed by atoms with Gasteiger partial charge in [0.1, 0.15) is 5.54 Å². The van der Waals surface area contributed by atoms with Crippen molar-refractivity contribution >= 4 is 5.96 Å². The number of rotatable bonds is 7. The molecule has 4 atom stereocenters. The van der Waals surface area contributed by atoms with Crippen LogP contribution < -0.4 is 5.73 Å². The molecule has 0 spiro atoms. The Morgan fingerprint density at radius 3 is 2.69 bits per heavy atom. The summed E-state index contributed by atoms with van der Waals surface area (Å²) in [5.74, 6) is 1.61. The Morgan fingerprint density at radius 1 is 1.27 bits per heavy atom. The van der Waals surface area contributed by atoms with Gasteiger partial charge in [-0.05, 0) is 57.3 Å². The number of aliphatic hydroxyl groups is 2. The third kappa shape index (κ3) is 4.25. The highest BCUT2D eigenvalue weighted by atomic mass is 16.3. The minimum atomic E-state index is -0.733. The molecule has 0 aromatic rings. The maximum atomic E-state index is 11.2. The Balaban J connectivity index is 1.76. The summed E-state index contributed by atoms with van der Waals surface area (Å²) in [5.41, 5.74) is 5.69. The van der Waals surface area contributed by atoms with E-state index in [0.717, 1.165) is 31.6 Å². The Bertz CT molecular complexity index is 515. The van der Waals surface area contributed by atoms with Crippen molar-refractivity contribution in [1.29, 1.82) is 0 Å². The summed E-state index contributed by atoms with van der Waals surface area (Å²) in [7, 11) is 0. The molecule has 1 fully saturated rings. The molecule has 26 heavy (non-hydrogen) atoms. The smallest absolute Gasteiger partial charge is 0.194 e. The molecule has 5 heteroatoms. The number of guanidine groups is 1. The van der Waals surface area contributed by atoms with E-state index in [4.69, 9.17) is 10.7 Å². The fourth-order valence-electron chi connectivity index (χ4n) is 5.16. The molecule has 1 heterocycles. The van der Waals surface area contributed by atoms with Crippen LogP contribution in [0.1, 0.15) is 77.6 Å². The molecule has 0 bridgehead atoms. The van der Waals surface area contributed by atoms with Crippen molar-refractivity contribution in [2.75, 3.05) is 6.61 Å². The van der Waals surface area contributed by atoms with Gasteiger partial charge in [0, 0.05) is 0 Å². The summed E-state index contributed by atoms with van der Waals surface area (Å²) in [6, 6.07) is -0.216. The van der Waals surface area contributed by atoms with Crippen molar-refractivity contribution in [1.82, 2.24) is 4.90 Å². The van der Waals surface area contributed by atoms with Crippen molar-refractivity contribution in [3.63, 3.8) is 0 Å². The van der Waals surface area contributed by atoms with Crippen molar-refractivity contribution in [3.05, 3.63) is 12.2 Å². The average molecular weight is 364 g/mol. The van der Waals surface area contributed by atoms with Crippen molar-refractivity contribution in [2.24, 2.45) is 22.6 Å². The molecule has 3 rings (SSSR count). The molecule has 0 aromatic carbocycles. The minimum Gasteiger partial charge on any atom is -0.394 e. The molecule has 3 aliphatic rings. The van der Waals surface area contributed by atoms with Crippen molar-refractivity contribution in [2.45, 2.75) is 95.4 Å². The van der Waals surface area contributed by atoms with Gasteiger partial charge in [-0.3, -0.25) is 0 Å². The highest BCUT2D eigenvalue weighted by Crippen LogP contribution is 2.41. The van der Waals surface area contributed by atoms with Gasteiger partial charge in [0.25, 0.3) is 0 Å². The topological polar surface area (TPSA) is 82.1 Å². The second-order valence-corrected chi connectivity index (χ2v) is 8.75. The number of aliphatic imine (C=N–C) groups is 1. The number of nitrogens with two attached hydrogens (primary N) is 1. The van der Waals surface area contributed by atoms with E-state index in [0.29, 0.717) is 11.9 Å². The van der Waals surface area contributed by atoms with E-state index in [1.165, 1.54) is 44.9 Å². The molecule has 5 nitrogen and oxygen atoms in total. The Hall–Kier alpha value is -1.07. The third-order valence-electron chi connectivity index (χ3n) is 6.76. The molecule has 1 aliphatic heterocycles. The summed E-state index contributed by atoms with van der Waals surface area (Å²) < 4.78 is 0. The number of allylic oxidation sites excluding steroid dienone is 2. The van der Waals surface area contributed by atoms with Crippen LogP contribution in [0.4, 0.5) is 0 Å². The Kier molecular flexibility index (Phi) is 6.62. The summed E-state index contributed by atoms with van der Waals surface area (Å²) in [4.78, 5) is 6.58. The van der Waals surface area contributed by atoms with E-state index >= 15 is 0 Å². The van der Waals surface area contributed by atoms with Crippen LogP contribution in [0.3, 0.4) is 0 Å². The van der Waals surface area contributed by atoms with Gasteiger partial charge in [-0.25, -0.2) is 4.99 Å². The zero-order valence-electron chi connectivity index (χ0n) is 16.3. The zero-order valence-corrected chi connectivity index (χ0v) is 16.3. The van der Waals surface area contributed by atoms with E-state index < -0.39 is 11.8 Å². The Labute approximate surface area is 158 Å². The first kappa shape index (κ1) is 19.7. The molecular weight excluding hydrogens is 326 g/mol. The zero-order chi connectivity index (χ0) is 18.6. The molecule has 2 unspecified atom stereocenters. The largest absolute Gasteiger partial charge is 0.394 e. The number of aliphatic hydroxyl groups excluding tert-OH is 2. The molecule has 2 aliphatic carbocycles. The van der Waals surface area contributed by atoms with Gasteiger partial charge in [0.2, 0.25) is 0 Å². The van der Waals surface area contributed by atoms with Crippen LogP contribution >= 0.6 is 0 Å². The Morgan fingerprint density at radius 2 is 2.04 bits per heavy atom. The van der Waals surface area contributed by atoms with Crippen LogP contribution in [0.5, 0.6) is 0 Å². The predicted molar refractivity (Wildman–Crippen MR) is 106 cm³/mol. The van der Waals surface area contributed by atoms with E-state index in [-0.39, 0.29) is 12.6 Å². The molecule has 0 aromatic heterocycles. The maximum Gasteiger partial charge on any atom is 0.194 e. The highest BCUT2D eigenvalue weighted by molar-refractivity contribution is 5.81. The van der Waals surface area contributed by atoms with Crippen LogP contribution in [0.25, 0.3) is 0 Å². The van der Waals surface area contributed by atoms with Gasteiger partial charge in [0.15, 0.2) is 12.2 Å². The van der Waals surface area contributed by atoms with E-state index in [9.17, 15) is 10.2 Å². The van der Waals surface area contributed by atoms with E-state index in [2.05, 4.69) is 12.2 Å². The lowest BCUT2D eigenvalue weighted by molar-refractivity contribution is -0.0328. The van der Waals surface area contributed by atoms with Gasteiger partial charge < -0.3 is 20.8 Å². The average Bonchev–Trinajstić information content (AvgIpc) is 2.91. The van der Waals surface area contributed by atoms with Crippen molar-refractivity contribution < 1.29 is 10.2 Å².